The molecule has 0 saturated carbocycles. The maximum atomic E-state index is 14.1. The number of amides is 2. The summed E-state index contributed by atoms with van der Waals surface area (Å²) in [6.45, 7) is 0. The zero-order valence-corrected chi connectivity index (χ0v) is 22.8. The van der Waals surface area contributed by atoms with E-state index in [9.17, 15) is 9.59 Å². The first kappa shape index (κ1) is 27.4. The van der Waals surface area contributed by atoms with Crippen LogP contribution in [-0.2, 0) is 9.59 Å². The highest BCUT2D eigenvalue weighted by Crippen LogP contribution is 2.29. The lowest BCUT2D eigenvalue weighted by molar-refractivity contribution is -0.125. The normalized spacial score (nSPS) is 10.9. The average Bonchev–Trinajstić information content (AvgIpc) is 3.03. The van der Waals surface area contributed by atoms with E-state index >= 15 is 0 Å². The number of rotatable bonds is 10. The third-order valence-electron chi connectivity index (χ3n) is 7.06. The molecule has 0 atom stereocenters. The van der Waals surface area contributed by atoms with Crippen molar-refractivity contribution in [3.05, 3.63) is 173 Å². The molecule has 41 heavy (non-hydrogen) atoms. The van der Waals surface area contributed by atoms with E-state index in [1.165, 1.54) is 0 Å². The molecule has 0 aliphatic carbocycles. The minimum atomic E-state index is -0.810. The van der Waals surface area contributed by atoms with Gasteiger partial charge in [-0.1, -0.05) is 133 Å². The molecule has 2 amide bonds. The number of methoxy groups -OCH3 is 1. The van der Waals surface area contributed by atoms with Gasteiger partial charge in [-0.25, -0.2) is 0 Å². The third-order valence-corrected chi connectivity index (χ3v) is 7.06. The molecule has 5 aromatic carbocycles. The molecule has 5 aromatic rings. The highest BCUT2D eigenvalue weighted by molar-refractivity contribution is 5.90. The number of hydrogen-bond donors (Lipinski definition) is 2. The van der Waals surface area contributed by atoms with Crippen molar-refractivity contribution >= 4 is 11.8 Å². The van der Waals surface area contributed by atoms with Gasteiger partial charge in [-0.05, 0) is 39.9 Å². The molecule has 0 saturated heterocycles. The summed E-state index contributed by atoms with van der Waals surface area (Å²) in [7, 11) is 1.59. The van der Waals surface area contributed by atoms with Crippen molar-refractivity contribution in [2.24, 2.45) is 0 Å². The highest BCUT2D eigenvalue weighted by atomic mass is 16.5. The van der Waals surface area contributed by atoms with E-state index in [1.54, 1.807) is 7.11 Å². The second-order valence-electron chi connectivity index (χ2n) is 9.74. The van der Waals surface area contributed by atoms with Crippen LogP contribution in [-0.4, -0.2) is 18.9 Å². The summed E-state index contributed by atoms with van der Waals surface area (Å²) in [6, 6.07) is 46.0. The SMILES string of the molecule is COc1cccc(C(NC(=O)C(c2ccccc2)c2ccccc2)NC(=O)C(c2ccccc2)c2ccccc2)c1. The van der Waals surface area contributed by atoms with Crippen molar-refractivity contribution in [1.82, 2.24) is 10.6 Å². The Balaban J connectivity index is 1.51. The first-order chi connectivity index (χ1) is 20.1. The fourth-order valence-corrected chi connectivity index (χ4v) is 5.05. The van der Waals surface area contributed by atoms with Crippen molar-refractivity contribution in [2.45, 2.75) is 18.0 Å². The first-order valence-corrected chi connectivity index (χ1v) is 13.6. The second kappa shape index (κ2) is 13.3. The van der Waals surface area contributed by atoms with E-state index < -0.39 is 18.0 Å². The van der Waals surface area contributed by atoms with Crippen molar-refractivity contribution in [3.8, 4) is 5.75 Å². The number of ether oxygens (including phenoxy) is 1. The van der Waals surface area contributed by atoms with E-state index in [1.807, 2.05) is 146 Å². The van der Waals surface area contributed by atoms with E-state index in [0.29, 0.717) is 11.3 Å². The lowest BCUT2D eigenvalue weighted by Crippen LogP contribution is -2.44. The number of carbonyl (C=O) groups is 2. The van der Waals surface area contributed by atoms with Crippen LogP contribution in [0.2, 0.25) is 0 Å². The van der Waals surface area contributed by atoms with Crippen LogP contribution in [0.4, 0.5) is 0 Å². The molecule has 0 unspecified atom stereocenters. The van der Waals surface area contributed by atoms with Gasteiger partial charge in [0.05, 0.1) is 18.9 Å². The van der Waals surface area contributed by atoms with E-state index in [4.69, 9.17) is 4.74 Å². The molecule has 2 N–H and O–H groups in total. The van der Waals surface area contributed by atoms with Crippen molar-refractivity contribution in [1.29, 1.82) is 0 Å². The van der Waals surface area contributed by atoms with Gasteiger partial charge >= 0.3 is 0 Å². The molecule has 204 valence electrons. The summed E-state index contributed by atoms with van der Waals surface area (Å²) in [6.07, 6.45) is -0.810. The molecule has 0 fully saturated rings. The summed E-state index contributed by atoms with van der Waals surface area (Å²) in [5, 5.41) is 6.29. The minimum absolute atomic E-state index is 0.230. The Morgan fingerprint density at radius 3 is 1.17 bits per heavy atom. The van der Waals surface area contributed by atoms with Crippen LogP contribution in [0.3, 0.4) is 0 Å². The largest absolute Gasteiger partial charge is 0.497 e. The topological polar surface area (TPSA) is 67.4 Å². The predicted molar refractivity (Wildman–Crippen MR) is 161 cm³/mol. The van der Waals surface area contributed by atoms with Crippen LogP contribution in [0.25, 0.3) is 0 Å². The van der Waals surface area contributed by atoms with Gasteiger partial charge in [-0.2, -0.15) is 0 Å². The predicted octanol–water partition coefficient (Wildman–Crippen LogP) is 6.59. The Kier molecular flexibility index (Phi) is 8.87. The lowest BCUT2D eigenvalue weighted by atomic mass is 9.89. The zero-order chi connectivity index (χ0) is 28.4. The Morgan fingerprint density at radius 1 is 0.488 bits per heavy atom. The van der Waals surface area contributed by atoms with Crippen molar-refractivity contribution < 1.29 is 14.3 Å². The smallest absolute Gasteiger partial charge is 0.233 e. The maximum Gasteiger partial charge on any atom is 0.233 e. The molecule has 5 rings (SSSR count). The highest BCUT2D eigenvalue weighted by Gasteiger charge is 2.29. The molecule has 0 spiro atoms. The lowest BCUT2D eigenvalue weighted by Gasteiger charge is -2.27. The molecular weight excluding hydrogens is 508 g/mol. The molecule has 0 bridgehead atoms. The Labute approximate surface area is 240 Å². The number of nitrogens with one attached hydrogen (secondary N) is 2. The van der Waals surface area contributed by atoms with E-state index in [-0.39, 0.29) is 11.8 Å². The summed E-state index contributed by atoms with van der Waals surface area (Å²) < 4.78 is 5.46. The molecule has 5 nitrogen and oxygen atoms in total. The van der Waals surface area contributed by atoms with Gasteiger partial charge < -0.3 is 15.4 Å². The second-order valence-corrected chi connectivity index (χ2v) is 9.74. The van der Waals surface area contributed by atoms with Gasteiger partial charge in [0.2, 0.25) is 11.8 Å². The van der Waals surface area contributed by atoms with Crippen LogP contribution >= 0.6 is 0 Å². The summed E-state index contributed by atoms with van der Waals surface area (Å²) in [5.74, 6) is -0.970. The van der Waals surface area contributed by atoms with Gasteiger partial charge in [0.25, 0.3) is 0 Å². The van der Waals surface area contributed by atoms with Crippen LogP contribution in [0, 0.1) is 0 Å². The van der Waals surface area contributed by atoms with Crippen molar-refractivity contribution in [3.63, 3.8) is 0 Å². The van der Waals surface area contributed by atoms with Gasteiger partial charge in [0.15, 0.2) is 0 Å². The quantitative estimate of drug-likeness (QED) is 0.196. The van der Waals surface area contributed by atoms with E-state index in [2.05, 4.69) is 10.6 Å². The minimum Gasteiger partial charge on any atom is -0.497 e. The van der Waals surface area contributed by atoms with Crippen LogP contribution in [0.5, 0.6) is 5.75 Å². The Bertz CT molecular complexity index is 1380. The summed E-state index contributed by atoms with van der Waals surface area (Å²) in [4.78, 5) is 28.2. The van der Waals surface area contributed by atoms with Crippen molar-refractivity contribution in [2.75, 3.05) is 7.11 Å². The Hall–Kier alpha value is -5.16. The number of carbonyl (C=O) groups excluding carboxylic acids is 2. The number of hydrogen-bond acceptors (Lipinski definition) is 3. The summed E-state index contributed by atoms with van der Waals surface area (Å²) >= 11 is 0. The van der Waals surface area contributed by atoms with Crippen LogP contribution < -0.4 is 15.4 Å². The molecule has 5 heteroatoms. The average molecular weight is 541 g/mol. The number of benzene rings is 5. The molecule has 0 aliphatic rings. The summed E-state index contributed by atoms with van der Waals surface area (Å²) in [5.41, 5.74) is 4.14. The molecule has 0 heterocycles. The standard InChI is InChI=1S/C36H32N2O3/c1-41-31-24-14-23-30(25-31)34(37-35(39)32(26-15-6-2-7-16-26)27-17-8-3-9-18-27)38-36(40)33(28-19-10-4-11-20-28)29-21-12-5-13-22-29/h2-25,32-34H,1H3,(H,37,39)(H,38,40). The first-order valence-electron chi connectivity index (χ1n) is 13.6. The fraction of sp³-hybridized carbons (Fsp3) is 0.111. The molecule has 0 aliphatic heterocycles. The molecule has 0 radical (unpaired) electrons. The van der Waals surface area contributed by atoms with Gasteiger partial charge in [-0.15, -0.1) is 0 Å². The van der Waals surface area contributed by atoms with Gasteiger partial charge in [0, 0.05) is 0 Å². The fourth-order valence-electron chi connectivity index (χ4n) is 5.05. The van der Waals surface area contributed by atoms with Crippen LogP contribution in [0.1, 0.15) is 45.8 Å². The monoisotopic (exact) mass is 540 g/mol. The van der Waals surface area contributed by atoms with Crippen LogP contribution in [0.15, 0.2) is 146 Å². The van der Waals surface area contributed by atoms with Gasteiger partial charge in [-0.3, -0.25) is 9.59 Å². The molecular formula is C36H32N2O3. The maximum absolute atomic E-state index is 14.1. The third kappa shape index (κ3) is 6.71. The molecule has 0 aromatic heterocycles. The zero-order valence-electron chi connectivity index (χ0n) is 22.8. The van der Waals surface area contributed by atoms with Gasteiger partial charge in [0.1, 0.15) is 11.9 Å². The van der Waals surface area contributed by atoms with E-state index in [0.717, 1.165) is 22.3 Å². The Morgan fingerprint density at radius 2 is 0.829 bits per heavy atom.